The fraction of sp³-hybridized carbons (Fsp3) is 0.111. The van der Waals surface area contributed by atoms with Gasteiger partial charge < -0.3 is 9.84 Å². The maximum atomic E-state index is 13.9. The third-order valence-electron chi connectivity index (χ3n) is 3.40. The number of fused-ring (bicyclic) bond motifs is 1. The molecule has 2 nitrogen and oxygen atoms in total. The Morgan fingerprint density at radius 2 is 1.57 bits per heavy atom. The Balaban J connectivity index is 2.09. The molecule has 0 bridgehead atoms. The number of benzene rings is 3. The Morgan fingerprint density at radius 3 is 2.38 bits per heavy atom. The van der Waals surface area contributed by atoms with Crippen molar-refractivity contribution in [2.75, 3.05) is 0 Å². The molecule has 3 aromatic carbocycles. The van der Waals surface area contributed by atoms with Crippen molar-refractivity contribution in [1.29, 1.82) is 0 Å². The highest BCUT2D eigenvalue weighted by atomic mass is 19.1. The lowest BCUT2D eigenvalue weighted by molar-refractivity contribution is 0.190. The standard InChI is InChI=1S/C18H15FO2/c1-12(20)18-15(19)9-5-11-17(18)21-16-10-4-7-13-6-2-3-8-14(13)16/h2-12,20H,1H3/t12-/m0/s1. The van der Waals surface area contributed by atoms with Crippen LogP contribution in [-0.4, -0.2) is 5.11 Å². The maximum absolute atomic E-state index is 13.9. The van der Waals surface area contributed by atoms with Crippen LogP contribution in [0.5, 0.6) is 11.5 Å². The first-order valence-electron chi connectivity index (χ1n) is 6.79. The van der Waals surface area contributed by atoms with Gasteiger partial charge in [0, 0.05) is 5.39 Å². The molecule has 0 aliphatic heterocycles. The first-order valence-corrected chi connectivity index (χ1v) is 6.79. The van der Waals surface area contributed by atoms with Gasteiger partial charge in [-0.2, -0.15) is 0 Å². The molecule has 106 valence electrons. The van der Waals surface area contributed by atoms with E-state index in [1.807, 2.05) is 42.5 Å². The maximum Gasteiger partial charge on any atom is 0.136 e. The number of hydrogen-bond acceptors (Lipinski definition) is 2. The van der Waals surface area contributed by atoms with Gasteiger partial charge in [-0.15, -0.1) is 0 Å². The Morgan fingerprint density at radius 1 is 0.905 bits per heavy atom. The van der Waals surface area contributed by atoms with Crippen LogP contribution in [0.3, 0.4) is 0 Å². The SMILES string of the molecule is C[C@H](O)c1c(F)cccc1Oc1cccc2ccccc12. The minimum absolute atomic E-state index is 0.172. The number of rotatable bonds is 3. The van der Waals surface area contributed by atoms with Crippen molar-refractivity contribution in [3.8, 4) is 11.5 Å². The monoisotopic (exact) mass is 282 g/mol. The molecule has 3 aromatic rings. The van der Waals surface area contributed by atoms with E-state index in [4.69, 9.17) is 4.74 Å². The van der Waals surface area contributed by atoms with Crippen LogP contribution in [-0.2, 0) is 0 Å². The summed E-state index contributed by atoms with van der Waals surface area (Å²) in [7, 11) is 0. The Bertz CT molecular complexity index is 776. The largest absolute Gasteiger partial charge is 0.456 e. The molecule has 0 saturated carbocycles. The average Bonchev–Trinajstić information content (AvgIpc) is 2.47. The zero-order valence-corrected chi connectivity index (χ0v) is 11.6. The Labute approximate surface area is 122 Å². The van der Waals surface area contributed by atoms with Crippen LogP contribution < -0.4 is 4.74 Å². The van der Waals surface area contributed by atoms with E-state index >= 15 is 0 Å². The van der Waals surface area contributed by atoms with E-state index in [0.717, 1.165) is 10.8 Å². The molecule has 0 fully saturated rings. The van der Waals surface area contributed by atoms with Crippen molar-refractivity contribution in [3.63, 3.8) is 0 Å². The smallest absolute Gasteiger partial charge is 0.136 e. The molecule has 0 amide bonds. The van der Waals surface area contributed by atoms with Gasteiger partial charge in [0.15, 0.2) is 0 Å². The highest BCUT2D eigenvalue weighted by Gasteiger charge is 2.15. The van der Waals surface area contributed by atoms with Crippen molar-refractivity contribution >= 4 is 10.8 Å². The first kappa shape index (κ1) is 13.6. The molecule has 0 heterocycles. The van der Waals surface area contributed by atoms with E-state index in [9.17, 15) is 9.50 Å². The van der Waals surface area contributed by atoms with Crippen LogP contribution in [0.1, 0.15) is 18.6 Å². The van der Waals surface area contributed by atoms with E-state index in [1.165, 1.54) is 13.0 Å². The van der Waals surface area contributed by atoms with Crippen molar-refractivity contribution in [2.45, 2.75) is 13.0 Å². The summed E-state index contributed by atoms with van der Waals surface area (Å²) < 4.78 is 19.7. The second-order valence-corrected chi connectivity index (χ2v) is 4.91. The predicted molar refractivity (Wildman–Crippen MR) is 81.1 cm³/mol. The summed E-state index contributed by atoms with van der Waals surface area (Å²) in [5.41, 5.74) is 0.172. The number of aliphatic hydroxyl groups is 1. The highest BCUT2D eigenvalue weighted by Crippen LogP contribution is 2.34. The van der Waals surface area contributed by atoms with Gasteiger partial charge in [0.2, 0.25) is 0 Å². The molecule has 0 aliphatic carbocycles. The topological polar surface area (TPSA) is 29.5 Å². The number of halogens is 1. The number of aliphatic hydroxyl groups excluding tert-OH is 1. The minimum atomic E-state index is -0.934. The molecule has 3 rings (SSSR count). The lowest BCUT2D eigenvalue weighted by Crippen LogP contribution is -2.00. The van der Waals surface area contributed by atoms with E-state index < -0.39 is 11.9 Å². The van der Waals surface area contributed by atoms with E-state index in [0.29, 0.717) is 11.5 Å². The molecule has 1 N–H and O–H groups in total. The zero-order chi connectivity index (χ0) is 14.8. The lowest BCUT2D eigenvalue weighted by atomic mass is 10.1. The Hall–Kier alpha value is -2.39. The van der Waals surface area contributed by atoms with E-state index in [1.54, 1.807) is 12.1 Å². The average molecular weight is 282 g/mol. The summed E-state index contributed by atoms with van der Waals surface area (Å²) in [5, 5.41) is 11.7. The summed E-state index contributed by atoms with van der Waals surface area (Å²) >= 11 is 0. The summed E-state index contributed by atoms with van der Waals surface area (Å²) in [5.74, 6) is 0.504. The number of ether oxygens (including phenoxy) is 1. The third kappa shape index (κ3) is 2.60. The van der Waals surface area contributed by atoms with E-state index in [-0.39, 0.29) is 5.56 Å². The van der Waals surface area contributed by atoms with Gasteiger partial charge in [-0.25, -0.2) is 4.39 Å². The van der Waals surface area contributed by atoms with Gasteiger partial charge >= 0.3 is 0 Å². The Kier molecular flexibility index (Phi) is 3.59. The normalized spacial score (nSPS) is 12.3. The first-order chi connectivity index (χ1) is 10.2. The summed E-state index contributed by atoms with van der Waals surface area (Å²) in [6.07, 6.45) is -0.934. The van der Waals surface area contributed by atoms with Crippen LogP contribution in [0.15, 0.2) is 60.7 Å². The second-order valence-electron chi connectivity index (χ2n) is 4.91. The predicted octanol–water partition coefficient (Wildman–Crippen LogP) is 4.82. The van der Waals surface area contributed by atoms with Gasteiger partial charge in [-0.05, 0) is 30.5 Å². The minimum Gasteiger partial charge on any atom is -0.456 e. The quantitative estimate of drug-likeness (QED) is 0.746. The molecule has 1 atom stereocenters. The summed E-state index contributed by atoms with van der Waals surface area (Å²) in [4.78, 5) is 0. The van der Waals surface area contributed by atoms with Crippen molar-refractivity contribution in [1.82, 2.24) is 0 Å². The molecule has 3 heteroatoms. The molecular weight excluding hydrogens is 267 g/mol. The third-order valence-corrected chi connectivity index (χ3v) is 3.40. The molecule has 0 saturated heterocycles. The molecule has 21 heavy (non-hydrogen) atoms. The molecule has 0 aromatic heterocycles. The van der Waals surface area contributed by atoms with Gasteiger partial charge in [-0.1, -0.05) is 42.5 Å². The van der Waals surface area contributed by atoms with Gasteiger partial charge in [0.25, 0.3) is 0 Å². The lowest BCUT2D eigenvalue weighted by Gasteiger charge is -2.15. The molecule has 0 unspecified atom stereocenters. The van der Waals surface area contributed by atoms with Crippen LogP contribution in [0, 0.1) is 5.82 Å². The summed E-state index contributed by atoms with van der Waals surface area (Å²) in [6.45, 7) is 1.52. The van der Waals surface area contributed by atoms with Crippen molar-refractivity contribution in [2.24, 2.45) is 0 Å². The van der Waals surface area contributed by atoms with Gasteiger partial charge in [0.05, 0.1) is 11.7 Å². The van der Waals surface area contributed by atoms with Gasteiger partial charge in [0.1, 0.15) is 17.3 Å². The zero-order valence-electron chi connectivity index (χ0n) is 11.6. The van der Waals surface area contributed by atoms with Crippen molar-refractivity contribution in [3.05, 3.63) is 72.0 Å². The second kappa shape index (κ2) is 5.54. The van der Waals surface area contributed by atoms with Gasteiger partial charge in [-0.3, -0.25) is 0 Å². The molecular formula is C18H15FO2. The molecule has 0 spiro atoms. The molecule has 0 radical (unpaired) electrons. The van der Waals surface area contributed by atoms with Crippen LogP contribution >= 0.6 is 0 Å². The number of hydrogen-bond donors (Lipinski definition) is 1. The fourth-order valence-corrected chi connectivity index (χ4v) is 2.41. The molecule has 0 aliphatic rings. The van der Waals surface area contributed by atoms with Crippen LogP contribution in [0.4, 0.5) is 4.39 Å². The van der Waals surface area contributed by atoms with Crippen LogP contribution in [0.2, 0.25) is 0 Å². The highest BCUT2D eigenvalue weighted by molar-refractivity contribution is 5.88. The van der Waals surface area contributed by atoms with Crippen LogP contribution in [0.25, 0.3) is 10.8 Å². The van der Waals surface area contributed by atoms with Crippen molar-refractivity contribution < 1.29 is 14.2 Å². The van der Waals surface area contributed by atoms with E-state index in [2.05, 4.69) is 0 Å². The summed E-state index contributed by atoms with van der Waals surface area (Å²) in [6, 6.07) is 18.1. The fourth-order valence-electron chi connectivity index (χ4n) is 2.41.